The van der Waals surface area contributed by atoms with Gasteiger partial charge in [0.1, 0.15) is 11.9 Å². The molecule has 1 aromatic carbocycles. The number of rotatable bonds is 5. The molecule has 0 aliphatic carbocycles. The zero-order valence-corrected chi connectivity index (χ0v) is 10.4. The van der Waals surface area contributed by atoms with E-state index in [-0.39, 0.29) is 24.1 Å². The van der Waals surface area contributed by atoms with Crippen molar-refractivity contribution >= 4 is 11.8 Å². The summed E-state index contributed by atoms with van der Waals surface area (Å²) in [5, 5.41) is 2.50. The molecule has 1 rings (SSSR count). The third kappa shape index (κ3) is 4.16. The Hall–Kier alpha value is -1.91. The number of amides is 2. The first-order valence-electron chi connectivity index (χ1n) is 5.74. The second kappa shape index (κ2) is 6.14. The molecule has 1 aromatic rings. The highest BCUT2D eigenvalue weighted by Gasteiger charge is 2.15. The molecule has 0 aliphatic rings. The molecule has 5 heteroatoms. The minimum Gasteiger partial charge on any atom is -0.368 e. The van der Waals surface area contributed by atoms with Gasteiger partial charge in [0.2, 0.25) is 11.8 Å². The first kappa shape index (κ1) is 14.2. The number of halogens is 1. The van der Waals surface area contributed by atoms with E-state index in [0.29, 0.717) is 0 Å². The molecular formula is C13H17FN2O2. The third-order valence-corrected chi connectivity index (χ3v) is 2.73. The van der Waals surface area contributed by atoms with Gasteiger partial charge in [-0.25, -0.2) is 4.39 Å². The quantitative estimate of drug-likeness (QED) is 0.829. The predicted octanol–water partition coefficient (Wildman–Crippen LogP) is 1.31. The zero-order chi connectivity index (χ0) is 13.7. The van der Waals surface area contributed by atoms with E-state index in [0.717, 1.165) is 5.56 Å². The van der Waals surface area contributed by atoms with Crippen LogP contribution in [-0.2, 0) is 9.59 Å². The van der Waals surface area contributed by atoms with Gasteiger partial charge in [0.05, 0.1) is 0 Å². The Morgan fingerprint density at radius 3 is 2.33 bits per heavy atom. The highest BCUT2D eigenvalue weighted by Crippen LogP contribution is 2.19. The topological polar surface area (TPSA) is 72.2 Å². The first-order valence-corrected chi connectivity index (χ1v) is 5.74. The smallest absolute Gasteiger partial charge is 0.239 e. The van der Waals surface area contributed by atoms with Crippen molar-refractivity contribution in [2.24, 2.45) is 5.73 Å². The van der Waals surface area contributed by atoms with Crippen molar-refractivity contribution in [3.05, 3.63) is 35.6 Å². The van der Waals surface area contributed by atoms with E-state index < -0.39 is 11.9 Å². The van der Waals surface area contributed by atoms with Gasteiger partial charge >= 0.3 is 0 Å². The van der Waals surface area contributed by atoms with E-state index in [4.69, 9.17) is 5.73 Å². The maximum absolute atomic E-state index is 12.7. The van der Waals surface area contributed by atoms with Gasteiger partial charge < -0.3 is 11.1 Å². The van der Waals surface area contributed by atoms with Crippen molar-refractivity contribution in [3.63, 3.8) is 0 Å². The summed E-state index contributed by atoms with van der Waals surface area (Å²) >= 11 is 0. The number of carbonyl (C=O) groups is 2. The van der Waals surface area contributed by atoms with Gasteiger partial charge in [-0.05, 0) is 30.5 Å². The summed E-state index contributed by atoms with van der Waals surface area (Å²) in [5.74, 6) is -1.18. The van der Waals surface area contributed by atoms with Crippen LogP contribution in [0.3, 0.4) is 0 Å². The number of nitrogens with two attached hydrogens (primary N) is 1. The first-order chi connectivity index (χ1) is 8.40. The van der Waals surface area contributed by atoms with Crippen molar-refractivity contribution < 1.29 is 14.0 Å². The summed E-state index contributed by atoms with van der Waals surface area (Å²) in [6.07, 6.45) is 0.225. The molecule has 0 unspecified atom stereocenters. The van der Waals surface area contributed by atoms with Crippen LogP contribution in [-0.4, -0.2) is 17.9 Å². The van der Waals surface area contributed by atoms with Crippen molar-refractivity contribution in [2.45, 2.75) is 32.2 Å². The molecule has 0 fully saturated rings. The van der Waals surface area contributed by atoms with Crippen molar-refractivity contribution in [3.8, 4) is 0 Å². The van der Waals surface area contributed by atoms with Gasteiger partial charge in [-0.15, -0.1) is 0 Å². The average molecular weight is 252 g/mol. The average Bonchev–Trinajstić information content (AvgIpc) is 2.29. The summed E-state index contributed by atoms with van der Waals surface area (Å²) in [4.78, 5) is 22.4. The molecule has 0 aromatic heterocycles. The monoisotopic (exact) mass is 252 g/mol. The second-order valence-corrected chi connectivity index (χ2v) is 4.35. The van der Waals surface area contributed by atoms with Crippen molar-refractivity contribution in [1.29, 1.82) is 0 Å². The van der Waals surface area contributed by atoms with E-state index in [9.17, 15) is 14.0 Å². The lowest BCUT2D eigenvalue weighted by Crippen LogP contribution is -2.42. The fraction of sp³-hybridized carbons (Fsp3) is 0.385. The number of nitrogens with one attached hydrogen (secondary N) is 1. The van der Waals surface area contributed by atoms with Crippen LogP contribution >= 0.6 is 0 Å². The Morgan fingerprint density at radius 2 is 1.83 bits per heavy atom. The molecule has 0 spiro atoms. The maximum atomic E-state index is 12.7. The van der Waals surface area contributed by atoms with Crippen LogP contribution in [0, 0.1) is 5.82 Å². The minimum absolute atomic E-state index is 0.0503. The highest BCUT2D eigenvalue weighted by atomic mass is 19.1. The standard InChI is InChI=1S/C13H17FN2O2/c1-8(10-3-5-11(14)6-4-10)7-12(17)16-9(2)13(15)18/h3-6,8-9H,7H2,1-2H3,(H2,15,18)(H,16,17)/t8-,9-/m0/s1. The molecular weight excluding hydrogens is 235 g/mol. The molecule has 98 valence electrons. The molecule has 0 bridgehead atoms. The number of primary amides is 1. The maximum Gasteiger partial charge on any atom is 0.239 e. The van der Waals surface area contributed by atoms with E-state index in [1.807, 2.05) is 6.92 Å². The van der Waals surface area contributed by atoms with Crippen LogP contribution in [0.25, 0.3) is 0 Å². The van der Waals surface area contributed by atoms with Crippen LogP contribution in [0.15, 0.2) is 24.3 Å². The molecule has 0 saturated heterocycles. The van der Waals surface area contributed by atoms with Gasteiger partial charge in [-0.2, -0.15) is 0 Å². The minimum atomic E-state index is -0.682. The lowest BCUT2D eigenvalue weighted by atomic mass is 9.97. The SMILES string of the molecule is C[C@H](NC(=O)C[C@H](C)c1ccc(F)cc1)C(N)=O. The molecule has 3 N–H and O–H groups in total. The van der Waals surface area contributed by atoms with Gasteiger partial charge in [0, 0.05) is 6.42 Å². The predicted molar refractivity (Wildman–Crippen MR) is 66.2 cm³/mol. The Kier molecular flexibility index (Phi) is 4.83. The van der Waals surface area contributed by atoms with Crippen LogP contribution in [0.1, 0.15) is 31.7 Å². The van der Waals surface area contributed by atoms with E-state index in [1.54, 1.807) is 12.1 Å². The van der Waals surface area contributed by atoms with Gasteiger partial charge in [-0.1, -0.05) is 19.1 Å². The molecule has 18 heavy (non-hydrogen) atoms. The number of benzene rings is 1. The Labute approximate surface area is 105 Å². The largest absolute Gasteiger partial charge is 0.368 e. The van der Waals surface area contributed by atoms with Crippen LogP contribution in [0.2, 0.25) is 0 Å². The number of carbonyl (C=O) groups excluding carboxylic acids is 2. The van der Waals surface area contributed by atoms with Crippen LogP contribution in [0.5, 0.6) is 0 Å². The Balaban J connectivity index is 2.54. The third-order valence-electron chi connectivity index (χ3n) is 2.73. The molecule has 0 heterocycles. The molecule has 0 radical (unpaired) electrons. The van der Waals surface area contributed by atoms with E-state index in [2.05, 4.69) is 5.32 Å². The van der Waals surface area contributed by atoms with E-state index in [1.165, 1.54) is 19.1 Å². The van der Waals surface area contributed by atoms with Gasteiger partial charge in [0.25, 0.3) is 0 Å². The molecule has 2 amide bonds. The lowest BCUT2D eigenvalue weighted by molar-refractivity contribution is -0.127. The Bertz CT molecular complexity index is 431. The zero-order valence-electron chi connectivity index (χ0n) is 10.4. The second-order valence-electron chi connectivity index (χ2n) is 4.35. The van der Waals surface area contributed by atoms with Gasteiger partial charge in [0.15, 0.2) is 0 Å². The lowest BCUT2D eigenvalue weighted by Gasteiger charge is -2.14. The fourth-order valence-corrected chi connectivity index (χ4v) is 1.56. The summed E-state index contributed by atoms with van der Waals surface area (Å²) in [6, 6.07) is 5.32. The van der Waals surface area contributed by atoms with Gasteiger partial charge in [-0.3, -0.25) is 9.59 Å². The van der Waals surface area contributed by atoms with Crippen molar-refractivity contribution in [2.75, 3.05) is 0 Å². The number of hydrogen-bond acceptors (Lipinski definition) is 2. The summed E-state index contributed by atoms with van der Waals surface area (Å²) in [6.45, 7) is 3.39. The van der Waals surface area contributed by atoms with Crippen LogP contribution in [0.4, 0.5) is 4.39 Å². The number of hydrogen-bond donors (Lipinski definition) is 2. The molecule has 2 atom stereocenters. The summed E-state index contributed by atoms with van der Waals surface area (Å²) in [5.41, 5.74) is 5.92. The molecule has 4 nitrogen and oxygen atoms in total. The summed E-state index contributed by atoms with van der Waals surface area (Å²) in [7, 11) is 0. The van der Waals surface area contributed by atoms with Crippen LogP contribution < -0.4 is 11.1 Å². The molecule has 0 aliphatic heterocycles. The van der Waals surface area contributed by atoms with Crippen molar-refractivity contribution in [1.82, 2.24) is 5.32 Å². The highest BCUT2D eigenvalue weighted by molar-refractivity contribution is 5.86. The Morgan fingerprint density at radius 1 is 1.28 bits per heavy atom. The molecule has 0 saturated carbocycles. The fourth-order valence-electron chi connectivity index (χ4n) is 1.56. The van der Waals surface area contributed by atoms with E-state index >= 15 is 0 Å². The summed E-state index contributed by atoms with van der Waals surface area (Å²) < 4.78 is 12.7. The normalized spacial score (nSPS) is 13.7.